The Morgan fingerprint density at radius 3 is 2.81 bits per heavy atom. The van der Waals surface area contributed by atoms with Crippen molar-refractivity contribution >= 4 is 0 Å². The highest BCUT2D eigenvalue weighted by atomic mass is 16.5. The summed E-state index contributed by atoms with van der Waals surface area (Å²) in [6, 6.07) is 7.81. The number of benzene rings is 1. The Bertz CT molecular complexity index is 350. The maximum absolute atomic E-state index is 10.1. The fraction of sp³-hybridized carbons (Fsp3) is 0.538. The van der Waals surface area contributed by atoms with Crippen molar-refractivity contribution in [3.8, 4) is 5.75 Å². The van der Waals surface area contributed by atoms with Crippen LogP contribution in [0.5, 0.6) is 5.75 Å². The molecule has 1 aromatic carbocycles. The SMILES string of the molecule is COc1cccc(C(CN)C(O)C2CC2)c1. The summed E-state index contributed by atoms with van der Waals surface area (Å²) in [5, 5.41) is 10.1. The second-order valence-corrected chi connectivity index (χ2v) is 4.45. The second-order valence-electron chi connectivity index (χ2n) is 4.45. The molecule has 1 aliphatic rings. The summed E-state index contributed by atoms with van der Waals surface area (Å²) in [7, 11) is 1.65. The van der Waals surface area contributed by atoms with Gasteiger partial charge < -0.3 is 15.6 Å². The molecular formula is C13H19NO2. The zero-order valence-corrected chi connectivity index (χ0v) is 9.60. The number of aliphatic hydroxyl groups excluding tert-OH is 1. The first kappa shape index (κ1) is 11.4. The van der Waals surface area contributed by atoms with E-state index in [0.29, 0.717) is 12.5 Å². The summed E-state index contributed by atoms with van der Waals surface area (Å²) in [6.07, 6.45) is 1.95. The van der Waals surface area contributed by atoms with Crippen LogP contribution < -0.4 is 10.5 Å². The lowest BCUT2D eigenvalue weighted by atomic mass is 9.90. The lowest BCUT2D eigenvalue weighted by molar-refractivity contribution is 0.123. The molecule has 2 atom stereocenters. The Morgan fingerprint density at radius 1 is 1.50 bits per heavy atom. The molecule has 0 aliphatic heterocycles. The summed E-state index contributed by atoms with van der Waals surface area (Å²) < 4.78 is 5.18. The predicted octanol–water partition coefficient (Wildman–Crippen LogP) is 1.51. The third-order valence-corrected chi connectivity index (χ3v) is 3.29. The van der Waals surface area contributed by atoms with Gasteiger partial charge in [-0.1, -0.05) is 12.1 Å². The van der Waals surface area contributed by atoms with E-state index in [1.54, 1.807) is 7.11 Å². The van der Waals surface area contributed by atoms with Gasteiger partial charge in [-0.25, -0.2) is 0 Å². The molecule has 3 heteroatoms. The Kier molecular flexibility index (Phi) is 3.46. The molecule has 2 unspecified atom stereocenters. The quantitative estimate of drug-likeness (QED) is 0.792. The van der Waals surface area contributed by atoms with Crippen LogP contribution in [0.2, 0.25) is 0 Å². The highest BCUT2D eigenvalue weighted by Gasteiger charge is 2.35. The van der Waals surface area contributed by atoms with Crippen LogP contribution in [0.1, 0.15) is 24.3 Å². The minimum absolute atomic E-state index is 0.0302. The van der Waals surface area contributed by atoms with Gasteiger partial charge >= 0.3 is 0 Å². The smallest absolute Gasteiger partial charge is 0.119 e. The van der Waals surface area contributed by atoms with Gasteiger partial charge in [-0.3, -0.25) is 0 Å². The Balaban J connectivity index is 2.17. The van der Waals surface area contributed by atoms with Crippen LogP contribution >= 0.6 is 0 Å². The molecule has 2 rings (SSSR count). The van der Waals surface area contributed by atoms with E-state index in [2.05, 4.69) is 0 Å². The van der Waals surface area contributed by atoms with Gasteiger partial charge in [-0.05, 0) is 36.5 Å². The minimum Gasteiger partial charge on any atom is -0.497 e. The van der Waals surface area contributed by atoms with Crippen molar-refractivity contribution in [2.75, 3.05) is 13.7 Å². The van der Waals surface area contributed by atoms with Gasteiger partial charge in [0.05, 0.1) is 13.2 Å². The fourth-order valence-electron chi connectivity index (χ4n) is 2.11. The van der Waals surface area contributed by atoms with Crippen LogP contribution in [0.15, 0.2) is 24.3 Å². The van der Waals surface area contributed by atoms with E-state index in [1.165, 1.54) is 0 Å². The predicted molar refractivity (Wildman–Crippen MR) is 63.5 cm³/mol. The molecule has 0 amide bonds. The number of methoxy groups -OCH3 is 1. The molecule has 3 nitrogen and oxygen atoms in total. The van der Waals surface area contributed by atoms with Gasteiger partial charge in [0.2, 0.25) is 0 Å². The lowest BCUT2D eigenvalue weighted by Crippen LogP contribution is -2.27. The van der Waals surface area contributed by atoms with E-state index < -0.39 is 0 Å². The normalized spacial score (nSPS) is 19.2. The van der Waals surface area contributed by atoms with Crippen molar-refractivity contribution < 1.29 is 9.84 Å². The highest BCUT2D eigenvalue weighted by molar-refractivity contribution is 5.32. The van der Waals surface area contributed by atoms with Gasteiger partial charge in [0, 0.05) is 12.5 Å². The number of hydrogen-bond donors (Lipinski definition) is 2. The van der Waals surface area contributed by atoms with Crippen LogP contribution in [-0.4, -0.2) is 24.9 Å². The van der Waals surface area contributed by atoms with Gasteiger partial charge in [-0.2, -0.15) is 0 Å². The molecule has 1 aliphatic carbocycles. The number of nitrogens with two attached hydrogens (primary N) is 1. The molecule has 16 heavy (non-hydrogen) atoms. The highest BCUT2D eigenvalue weighted by Crippen LogP contribution is 2.39. The zero-order valence-electron chi connectivity index (χ0n) is 9.60. The first-order valence-electron chi connectivity index (χ1n) is 5.78. The van der Waals surface area contributed by atoms with Crippen molar-refractivity contribution in [2.24, 2.45) is 11.7 Å². The summed E-state index contributed by atoms with van der Waals surface area (Å²) in [5.74, 6) is 1.29. The Hall–Kier alpha value is -1.06. The monoisotopic (exact) mass is 221 g/mol. The summed E-state index contributed by atoms with van der Waals surface area (Å²) >= 11 is 0. The molecule has 3 N–H and O–H groups in total. The molecule has 0 bridgehead atoms. The average Bonchev–Trinajstić information content (AvgIpc) is 3.14. The van der Waals surface area contributed by atoms with Gasteiger partial charge in [-0.15, -0.1) is 0 Å². The summed E-state index contributed by atoms with van der Waals surface area (Å²) in [5.41, 5.74) is 6.83. The largest absolute Gasteiger partial charge is 0.497 e. The van der Waals surface area contributed by atoms with Crippen LogP contribution in [-0.2, 0) is 0 Å². The van der Waals surface area contributed by atoms with Gasteiger partial charge in [0.25, 0.3) is 0 Å². The zero-order chi connectivity index (χ0) is 11.5. The molecule has 1 fully saturated rings. The fourth-order valence-corrected chi connectivity index (χ4v) is 2.11. The third kappa shape index (κ3) is 2.36. The van der Waals surface area contributed by atoms with E-state index >= 15 is 0 Å². The summed E-state index contributed by atoms with van der Waals surface area (Å²) in [4.78, 5) is 0. The molecule has 0 saturated heterocycles. The number of rotatable bonds is 5. The second kappa shape index (κ2) is 4.85. The topological polar surface area (TPSA) is 55.5 Å². The van der Waals surface area contributed by atoms with Crippen molar-refractivity contribution in [3.63, 3.8) is 0 Å². The van der Waals surface area contributed by atoms with Crippen molar-refractivity contribution in [1.82, 2.24) is 0 Å². The van der Waals surface area contributed by atoms with E-state index in [9.17, 15) is 5.11 Å². The Labute approximate surface area is 96.2 Å². The van der Waals surface area contributed by atoms with Crippen LogP contribution in [0.4, 0.5) is 0 Å². The molecule has 0 aromatic heterocycles. The summed E-state index contributed by atoms with van der Waals surface area (Å²) in [6.45, 7) is 0.477. The van der Waals surface area contributed by atoms with E-state index in [0.717, 1.165) is 24.2 Å². The van der Waals surface area contributed by atoms with Crippen LogP contribution in [0, 0.1) is 5.92 Å². The first-order valence-corrected chi connectivity index (χ1v) is 5.78. The molecule has 88 valence electrons. The standard InChI is InChI=1S/C13H19NO2/c1-16-11-4-2-3-10(7-11)12(8-14)13(15)9-5-6-9/h2-4,7,9,12-13,15H,5-6,8,14H2,1H3. The van der Waals surface area contributed by atoms with E-state index in [-0.39, 0.29) is 12.0 Å². The van der Waals surface area contributed by atoms with Crippen molar-refractivity contribution in [2.45, 2.75) is 24.9 Å². The van der Waals surface area contributed by atoms with Crippen LogP contribution in [0.3, 0.4) is 0 Å². The van der Waals surface area contributed by atoms with E-state index in [1.807, 2.05) is 24.3 Å². The molecule has 1 saturated carbocycles. The lowest BCUT2D eigenvalue weighted by Gasteiger charge is -2.22. The number of hydrogen-bond acceptors (Lipinski definition) is 3. The van der Waals surface area contributed by atoms with Crippen LogP contribution in [0.25, 0.3) is 0 Å². The molecule has 1 aromatic rings. The molecule has 0 heterocycles. The third-order valence-electron chi connectivity index (χ3n) is 3.29. The minimum atomic E-state index is -0.308. The molecular weight excluding hydrogens is 202 g/mol. The average molecular weight is 221 g/mol. The number of aliphatic hydroxyl groups is 1. The van der Waals surface area contributed by atoms with E-state index in [4.69, 9.17) is 10.5 Å². The molecule has 0 spiro atoms. The van der Waals surface area contributed by atoms with Gasteiger partial charge in [0.1, 0.15) is 5.75 Å². The first-order chi connectivity index (χ1) is 7.76. The Morgan fingerprint density at radius 2 is 2.25 bits per heavy atom. The van der Waals surface area contributed by atoms with Crippen molar-refractivity contribution in [3.05, 3.63) is 29.8 Å². The van der Waals surface area contributed by atoms with Gasteiger partial charge in [0.15, 0.2) is 0 Å². The molecule has 0 radical (unpaired) electrons. The maximum atomic E-state index is 10.1. The maximum Gasteiger partial charge on any atom is 0.119 e. The van der Waals surface area contributed by atoms with Crippen molar-refractivity contribution in [1.29, 1.82) is 0 Å². The number of ether oxygens (including phenoxy) is 1.